The molecular formula is C23H29N5O3. The van der Waals surface area contributed by atoms with Crippen LogP contribution < -0.4 is 4.74 Å². The maximum Gasteiger partial charge on any atom is 0.410 e. The van der Waals surface area contributed by atoms with Crippen molar-refractivity contribution >= 4 is 6.09 Å². The summed E-state index contributed by atoms with van der Waals surface area (Å²) in [5.41, 5.74) is 11.2. The molecule has 2 heterocycles. The number of carbonyl (C=O) groups excluding carboxylic acids is 1. The van der Waals surface area contributed by atoms with E-state index in [9.17, 15) is 4.79 Å². The molecule has 3 rings (SSSR count). The second-order valence-electron chi connectivity index (χ2n) is 8.67. The van der Waals surface area contributed by atoms with Crippen molar-refractivity contribution in [3.05, 3.63) is 69.9 Å². The molecule has 2 aromatic rings. The maximum atomic E-state index is 12.2. The van der Waals surface area contributed by atoms with E-state index in [0.717, 1.165) is 30.4 Å². The lowest BCUT2D eigenvalue weighted by atomic mass is 10.0. The number of hydrogen-bond acceptors (Lipinski definition) is 5. The number of aromatic nitrogens is 1. The van der Waals surface area contributed by atoms with Crippen molar-refractivity contribution in [2.75, 3.05) is 13.2 Å². The molecule has 0 aliphatic carbocycles. The van der Waals surface area contributed by atoms with Gasteiger partial charge in [0.15, 0.2) is 0 Å². The number of likely N-dealkylation sites (tertiary alicyclic amines) is 1. The molecule has 8 nitrogen and oxygen atoms in total. The number of amides is 1. The van der Waals surface area contributed by atoms with Gasteiger partial charge in [-0.05, 0) is 68.3 Å². The number of aryl methyl sites for hydroxylation is 2. The van der Waals surface area contributed by atoms with Gasteiger partial charge in [-0.3, -0.25) is 4.98 Å². The van der Waals surface area contributed by atoms with E-state index < -0.39 is 5.60 Å². The largest absolute Gasteiger partial charge is 0.490 e. The first-order valence-corrected chi connectivity index (χ1v) is 10.5. The second kappa shape index (κ2) is 10.2. The van der Waals surface area contributed by atoms with Crippen LogP contribution in [-0.4, -0.2) is 40.8 Å². The molecule has 0 radical (unpaired) electrons. The van der Waals surface area contributed by atoms with Crippen LogP contribution in [0.2, 0.25) is 0 Å². The van der Waals surface area contributed by atoms with E-state index in [4.69, 9.17) is 15.0 Å². The predicted octanol–water partition coefficient (Wildman–Crippen LogP) is 5.07. The first-order chi connectivity index (χ1) is 14.8. The fourth-order valence-corrected chi connectivity index (χ4v) is 3.33. The summed E-state index contributed by atoms with van der Waals surface area (Å²) in [7, 11) is 0. The highest BCUT2D eigenvalue weighted by Gasteiger charge is 2.35. The fraction of sp³-hybridized carbons (Fsp3) is 0.478. The van der Waals surface area contributed by atoms with E-state index in [2.05, 4.69) is 27.1 Å². The Bertz CT molecular complexity index is 950. The molecule has 1 aliphatic rings. The van der Waals surface area contributed by atoms with Crippen molar-refractivity contribution in [3.63, 3.8) is 0 Å². The van der Waals surface area contributed by atoms with Crippen molar-refractivity contribution in [1.29, 1.82) is 0 Å². The minimum absolute atomic E-state index is 0.0253. The molecule has 0 N–H and O–H groups in total. The van der Waals surface area contributed by atoms with Gasteiger partial charge in [-0.15, -0.1) is 0 Å². The normalized spacial score (nSPS) is 15.6. The van der Waals surface area contributed by atoms with Crippen molar-refractivity contribution < 1.29 is 14.3 Å². The number of pyridine rings is 1. The molecule has 1 atom stereocenters. The summed E-state index contributed by atoms with van der Waals surface area (Å²) in [6.07, 6.45) is 5.82. The zero-order valence-corrected chi connectivity index (χ0v) is 18.3. The number of hydrogen-bond donors (Lipinski definition) is 0. The fourth-order valence-electron chi connectivity index (χ4n) is 3.33. The lowest BCUT2D eigenvalue weighted by Gasteiger charge is -2.40. The standard InChI is InChI=1S/C23H29N5O3/c1-23(2,3)31-22(29)28-10-9-20(28)16-30-21-12-19(13-25-15-21)8-7-17-5-4-6-18(11-17)14-26-27-24/h4-6,11-13,15,20H,7-10,14,16H2,1-3H3. The quantitative estimate of drug-likeness (QED) is 0.336. The van der Waals surface area contributed by atoms with Crippen LogP contribution in [0.4, 0.5) is 4.79 Å². The van der Waals surface area contributed by atoms with E-state index in [-0.39, 0.29) is 12.1 Å². The zero-order valence-electron chi connectivity index (χ0n) is 18.3. The SMILES string of the molecule is CC(C)(C)OC(=O)N1CCC1COc1cncc(CCc2cccc(CN=[N+]=[N-])c2)c1. The van der Waals surface area contributed by atoms with Crippen molar-refractivity contribution in [1.82, 2.24) is 9.88 Å². The van der Waals surface area contributed by atoms with Crippen LogP contribution in [-0.2, 0) is 24.1 Å². The van der Waals surface area contributed by atoms with Crippen LogP contribution >= 0.6 is 0 Å². The molecule has 1 unspecified atom stereocenters. The second-order valence-corrected chi connectivity index (χ2v) is 8.67. The molecule has 1 aliphatic heterocycles. The first-order valence-electron chi connectivity index (χ1n) is 10.5. The van der Waals surface area contributed by atoms with Crippen molar-refractivity contribution in [2.24, 2.45) is 5.11 Å². The number of carbonyl (C=O) groups is 1. The van der Waals surface area contributed by atoms with Gasteiger partial charge in [-0.2, -0.15) is 0 Å². The number of rotatable bonds is 8. The van der Waals surface area contributed by atoms with Crippen molar-refractivity contribution in [3.8, 4) is 5.75 Å². The van der Waals surface area contributed by atoms with Crippen molar-refractivity contribution in [2.45, 2.75) is 58.2 Å². The van der Waals surface area contributed by atoms with Crippen LogP contribution in [0.1, 0.15) is 43.9 Å². The molecule has 31 heavy (non-hydrogen) atoms. The Balaban J connectivity index is 1.50. The van der Waals surface area contributed by atoms with Gasteiger partial charge in [-0.1, -0.05) is 29.4 Å². The lowest BCUT2D eigenvalue weighted by Crippen LogP contribution is -2.55. The lowest BCUT2D eigenvalue weighted by molar-refractivity contribution is -0.0141. The van der Waals surface area contributed by atoms with E-state index >= 15 is 0 Å². The first kappa shape index (κ1) is 22.4. The molecule has 1 aromatic carbocycles. The summed E-state index contributed by atoms with van der Waals surface area (Å²) in [4.78, 5) is 21.0. The van der Waals surface area contributed by atoms with E-state index in [0.29, 0.717) is 25.4 Å². The molecule has 0 saturated carbocycles. The minimum atomic E-state index is -0.501. The molecule has 164 valence electrons. The van der Waals surface area contributed by atoms with Gasteiger partial charge in [0.2, 0.25) is 0 Å². The highest BCUT2D eigenvalue weighted by Crippen LogP contribution is 2.23. The molecule has 8 heteroatoms. The Kier molecular flexibility index (Phi) is 7.36. The summed E-state index contributed by atoms with van der Waals surface area (Å²) >= 11 is 0. The molecule has 1 aromatic heterocycles. The van der Waals surface area contributed by atoms with Gasteiger partial charge in [0.05, 0.1) is 18.8 Å². The number of ether oxygens (including phenoxy) is 2. The van der Waals surface area contributed by atoms with E-state index in [1.165, 1.54) is 5.56 Å². The third-order valence-electron chi connectivity index (χ3n) is 4.99. The van der Waals surface area contributed by atoms with Crippen LogP contribution in [0.15, 0.2) is 47.8 Å². The summed E-state index contributed by atoms with van der Waals surface area (Å²) in [5, 5.41) is 3.61. The van der Waals surface area contributed by atoms with Gasteiger partial charge < -0.3 is 14.4 Å². The number of benzene rings is 1. The van der Waals surface area contributed by atoms with Crippen LogP contribution in [0.25, 0.3) is 10.4 Å². The van der Waals surface area contributed by atoms with E-state index in [1.807, 2.05) is 45.2 Å². The summed E-state index contributed by atoms with van der Waals surface area (Å²) in [6.45, 7) is 7.07. The highest BCUT2D eigenvalue weighted by molar-refractivity contribution is 5.69. The summed E-state index contributed by atoms with van der Waals surface area (Å²) in [5.74, 6) is 0.700. The highest BCUT2D eigenvalue weighted by atomic mass is 16.6. The van der Waals surface area contributed by atoms with Crippen LogP contribution in [0.3, 0.4) is 0 Å². The third-order valence-corrected chi connectivity index (χ3v) is 4.99. The van der Waals surface area contributed by atoms with Gasteiger partial charge in [0.25, 0.3) is 0 Å². The Morgan fingerprint density at radius 1 is 1.23 bits per heavy atom. The Hall–Kier alpha value is -3.25. The molecule has 0 spiro atoms. The average molecular weight is 424 g/mol. The Labute approximate surface area is 182 Å². The van der Waals surface area contributed by atoms with Crippen LogP contribution in [0.5, 0.6) is 5.75 Å². The monoisotopic (exact) mass is 423 g/mol. The Morgan fingerprint density at radius 2 is 2.00 bits per heavy atom. The molecule has 1 saturated heterocycles. The molecular weight excluding hydrogens is 394 g/mol. The van der Waals surface area contributed by atoms with Gasteiger partial charge >= 0.3 is 6.09 Å². The topological polar surface area (TPSA) is 100 Å². The zero-order chi connectivity index (χ0) is 22.3. The molecule has 0 bridgehead atoms. The van der Waals surface area contributed by atoms with E-state index in [1.54, 1.807) is 11.1 Å². The van der Waals surface area contributed by atoms with Gasteiger partial charge in [-0.25, -0.2) is 4.79 Å². The third kappa shape index (κ3) is 6.89. The Morgan fingerprint density at radius 3 is 2.71 bits per heavy atom. The van der Waals surface area contributed by atoms with Gasteiger partial charge in [0, 0.05) is 17.7 Å². The van der Waals surface area contributed by atoms with Crippen LogP contribution in [0, 0.1) is 0 Å². The number of nitrogens with zero attached hydrogens (tertiary/aromatic N) is 5. The average Bonchev–Trinajstić information content (AvgIpc) is 2.69. The number of azide groups is 1. The van der Waals surface area contributed by atoms with Gasteiger partial charge in [0.1, 0.15) is 18.0 Å². The maximum absolute atomic E-state index is 12.2. The molecule has 1 amide bonds. The molecule has 1 fully saturated rings. The minimum Gasteiger partial charge on any atom is -0.490 e. The summed E-state index contributed by atoms with van der Waals surface area (Å²) < 4.78 is 11.4. The summed E-state index contributed by atoms with van der Waals surface area (Å²) in [6, 6.07) is 10.1. The predicted molar refractivity (Wildman–Crippen MR) is 118 cm³/mol. The smallest absolute Gasteiger partial charge is 0.410 e.